The summed E-state index contributed by atoms with van der Waals surface area (Å²) in [6, 6.07) is 5.80. The third kappa shape index (κ3) is 2.17. The van der Waals surface area contributed by atoms with Crippen LogP contribution in [0.4, 0.5) is 0 Å². The van der Waals surface area contributed by atoms with Crippen molar-refractivity contribution >= 4 is 34.1 Å². The van der Waals surface area contributed by atoms with Gasteiger partial charge in [-0.1, -0.05) is 23.2 Å². The minimum absolute atomic E-state index is 0.600. The molecule has 3 rings (SSSR count). The molecule has 0 saturated carbocycles. The molecule has 90 valence electrons. The summed E-state index contributed by atoms with van der Waals surface area (Å²) in [7, 11) is 0. The molecule has 0 N–H and O–H groups in total. The highest BCUT2D eigenvalue weighted by molar-refractivity contribution is 6.38. The number of hydrogen-bond acceptors (Lipinski definition) is 1. The van der Waals surface area contributed by atoms with Crippen LogP contribution in [-0.2, 0) is 11.3 Å². The Morgan fingerprint density at radius 1 is 1.35 bits per heavy atom. The molecule has 0 spiro atoms. The number of rotatable bonds is 2. The summed E-state index contributed by atoms with van der Waals surface area (Å²) in [6.07, 6.45) is 3.21. The lowest BCUT2D eigenvalue weighted by Gasteiger charge is -2.10. The van der Waals surface area contributed by atoms with E-state index < -0.39 is 0 Å². The second-order valence-corrected chi connectivity index (χ2v) is 5.36. The topological polar surface area (TPSA) is 14.2 Å². The Labute approximate surface area is 110 Å². The minimum atomic E-state index is 0.600. The Kier molecular flexibility index (Phi) is 3.03. The Morgan fingerprint density at radius 2 is 2.24 bits per heavy atom. The maximum atomic E-state index is 6.17. The van der Waals surface area contributed by atoms with Crippen molar-refractivity contribution in [2.75, 3.05) is 13.2 Å². The van der Waals surface area contributed by atoms with E-state index in [1.165, 1.54) is 0 Å². The fraction of sp³-hybridized carbons (Fsp3) is 0.385. The van der Waals surface area contributed by atoms with Crippen molar-refractivity contribution in [3.05, 3.63) is 34.4 Å². The van der Waals surface area contributed by atoms with Crippen molar-refractivity contribution in [3.8, 4) is 0 Å². The number of ether oxygens (including phenoxy) is 1. The fourth-order valence-electron chi connectivity index (χ4n) is 2.38. The molecule has 2 nitrogen and oxygen atoms in total. The normalized spacial score (nSPS) is 20.2. The zero-order valence-corrected chi connectivity index (χ0v) is 10.8. The van der Waals surface area contributed by atoms with Gasteiger partial charge in [-0.15, -0.1) is 0 Å². The van der Waals surface area contributed by atoms with E-state index in [2.05, 4.69) is 10.8 Å². The van der Waals surface area contributed by atoms with Gasteiger partial charge in [0.1, 0.15) is 0 Å². The van der Waals surface area contributed by atoms with Gasteiger partial charge in [0, 0.05) is 35.7 Å². The first-order chi connectivity index (χ1) is 8.24. The molecule has 1 aromatic heterocycles. The van der Waals surface area contributed by atoms with Gasteiger partial charge in [0.05, 0.1) is 17.1 Å². The monoisotopic (exact) mass is 269 g/mol. The highest BCUT2D eigenvalue weighted by Gasteiger charge is 2.17. The van der Waals surface area contributed by atoms with Crippen molar-refractivity contribution in [2.24, 2.45) is 5.92 Å². The number of aromatic nitrogens is 1. The van der Waals surface area contributed by atoms with Crippen LogP contribution in [0.1, 0.15) is 6.42 Å². The molecule has 0 radical (unpaired) electrons. The number of hydrogen-bond donors (Lipinski definition) is 0. The SMILES string of the molecule is Clc1cc(Cl)c2ccn(CC3CCOC3)c2c1. The van der Waals surface area contributed by atoms with Gasteiger partial charge in [-0.3, -0.25) is 0 Å². The highest BCUT2D eigenvalue weighted by atomic mass is 35.5. The largest absolute Gasteiger partial charge is 0.381 e. The van der Waals surface area contributed by atoms with E-state index in [1.54, 1.807) is 6.07 Å². The van der Waals surface area contributed by atoms with E-state index in [4.69, 9.17) is 27.9 Å². The molecule has 1 aliphatic heterocycles. The summed E-state index contributed by atoms with van der Waals surface area (Å²) in [5.41, 5.74) is 1.11. The van der Waals surface area contributed by atoms with Gasteiger partial charge in [-0.2, -0.15) is 0 Å². The Morgan fingerprint density at radius 3 is 3.00 bits per heavy atom. The van der Waals surface area contributed by atoms with Crippen molar-refractivity contribution in [1.82, 2.24) is 4.57 Å². The molecular weight excluding hydrogens is 257 g/mol. The van der Waals surface area contributed by atoms with Crippen LogP contribution in [0.15, 0.2) is 24.4 Å². The van der Waals surface area contributed by atoms with Gasteiger partial charge in [0.15, 0.2) is 0 Å². The highest BCUT2D eigenvalue weighted by Crippen LogP contribution is 2.29. The van der Waals surface area contributed by atoms with Gasteiger partial charge in [0.2, 0.25) is 0 Å². The zero-order chi connectivity index (χ0) is 11.8. The summed E-state index contributed by atoms with van der Waals surface area (Å²) in [5, 5.41) is 2.47. The molecule has 1 aliphatic rings. The second kappa shape index (κ2) is 4.52. The molecule has 1 saturated heterocycles. The molecule has 1 fully saturated rings. The first-order valence-electron chi connectivity index (χ1n) is 5.75. The van der Waals surface area contributed by atoms with Crippen molar-refractivity contribution in [3.63, 3.8) is 0 Å². The predicted octanol–water partition coefficient (Wildman–Crippen LogP) is 3.98. The lowest BCUT2D eigenvalue weighted by Crippen LogP contribution is -2.09. The predicted molar refractivity (Wildman–Crippen MR) is 70.9 cm³/mol. The van der Waals surface area contributed by atoms with Gasteiger partial charge in [-0.25, -0.2) is 0 Å². The van der Waals surface area contributed by atoms with Crippen LogP contribution in [0, 0.1) is 5.92 Å². The van der Waals surface area contributed by atoms with E-state index in [0.29, 0.717) is 16.0 Å². The van der Waals surface area contributed by atoms with E-state index in [1.807, 2.05) is 12.1 Å². The van der Waals surface area contributed by atoms with E-state index in [0.717, 1.165) is 37.1 Å². The van der Waals surface area contributed by atoms with Crippen LogP contribution < -0.4 is 0 Å². The smallest absolute Gasteiger partial charge is 0.0514 e. The first kappa shape index (κ1) is 11.4. The van der Waals surface area contributed by atoms with Crippen LogP contribution in [-0.4, -0.2) is 17.8 Å². The molecule has 0 aliphatic carbocycles. The van der Waals surface area contributed by atoms with Gasteiger partial charge in [0.25, 0.3) is 0 Å². The maximum absolute atomic E-state index is 6.17. The van der Waals surface area contributed by atoms with Gasteiger partial charge >= 0.3 is 0 Å². The van der Waals surface area contributed by atoms with Crippen LogP contribution in [0.3, 0.4) is 0 Å². The summed E-state index contributed by atoms with van der Waals surface area (Å²) in [4.78, 5) is 0. The molecule has 0 amide bonds. The van der Waals surface area contributed by atoms with Crippen LogP contribution in [0.25, 0.3) is 10.9 Å². The van der Waals surface area contributed by atoms with Gasteiger partial charge in [-0.05, 0) is 24.6 Å². The Hall–Kier alpha value is -0.700. The molecule has 2 heterocycles. The average Bonchev–Trinajstić information content (AvgIpc) is 2.89. The fourth-order valence-corrected chi connectivity index (χ4v) is 2.93. The molecule has 1 atom stereocenters. The van der Waals surface area contributed by atoms with Crippen molar-refractivity contribution < 1.29 is 4.74 Å². The van der Waals surface area contributed by atoms with Crippen LogP contribution >= 0.6 is 23.2 Å². The third-order valence-electron chi connectivity index (χ3n) is 3.28. The summed E-state index contributed by atoms with van der Waals surface area (Å²) in [6.45, 7) is 2.71. The number of halogens is 2. The van der Waals surface area contributed by atoms with Gasteiger partial charge < -0.3 is 9.30 Å². The molecule has 0 bridgehead atoms. The molecular formula is C13H13Cl2NO. The molecule has 4 heteroatoms. The summed E-state index contributed by atoms with van der Waals surface area (Å²) < 4.78 is 7.61. The summed E-state index contributed by atoms with van der Waals surface area (Å²) in [5.74, 6) is 0.600. The zero-order valence-electron chi connectivity index (χ0n) is 9.33. The Balaban J connectivity index is 1.99. The van der Waals surface area contributed by atoms with Crippen LogP contribution in [0.5, 0.6) is 0 Å². The quantitative estimate of drug-likeness (QED) is 0.805. The standard InChI is InChI=1S/C13H13Cl2NO/c14-10-5-12(15)11-1-3-16(13(11)6-10)7-9-2-4-17-8-9/h1,3,5-6,9H,2,4,7-8H2. The maximum Gasteiger partial charge on any atom is 0.0514 e. The average molecular weight is 270 g/mol. The molecule has 17 heavy (non-hydrogen) atoms. The molecule has 2 aromatic rings. The van der Waals surface area contributed by atoms with Crippen LogP contribution in [0.2, 0.25) is 10.0 Å². The lowest BCUT2D eigenvalue weighted by molar-refractivity contribution is 0.183. The summed E-state index contributed by atoms with van der Waals surface area (Å²) >= 11 is 12.2. The third-order valence-corrected chi connectivity index (χ3v) is 3.81. The number of nitrogens with zero attached hydrogens (tertiary/aromatic N) is 1. The van der Waals surface area contributed by atoms with Crippen molar-refractivity contribution in [1.29, 1.82) is 0 Å². The minimum Gasteiger partial charge on any atom is -0.381 e. The lowest BCUT2D eigenvalue weighted by atomic mass is 10.1. The van der Waals surface area contributed by atoms with E-state index in [-0.39, 0.29) is 0 Å². The number of fused-ring (bicyclic) bond motifs is 1. The Bertz CT molecular complexity index is 544. The number of benzene rings is 1. The molecule has 1 unspecified atom stereocenters. The first-order valence-corrected chi connectivity index (χ1v) is 6.51. The second-order valence-electron chi connectivity index (χ2n) is 4.52. The van der Waals surface area contributed by atoms with Crippen molar-refractivity contribution in [2.45, 2.75) is 13.0 Å². The van der Waals surface area contributed by atoms with E-state index >= 15 is 0 Å². The molecule has 1 aromatic carbocycles. The van der Waals surface area contributed by atoms with E-state index in [9.17, 15) is 0 Å².